The smallest absolute Gasteiger partial charge is 0.312 e. The van der Waals surface area contributed by atoms with E-state index in [1.54, 1.807) is 31.6 Å². The van der Waals surface area contributed by atoms with E-state index in [2.05, 4.69) is 15.5 Å². The topological polar surface area (TPSA) is 108 Å². The summed E-state index contributed by atoms with van der Waals surface area (Å²) in [5.41, 5.74) is 2.52. The number of hydrogen-bond donors (Lipinski definition) is 1. The number of nitro groups is 1. The van der Waals surface area contributed by atoms with Crippen molar-refractivity contribution in [2.45, 2.75) is 40.3 Å². The van der Waals surface area contributed by atoms with Gasteiger partial charge in [0, 0.05) is 24.8 Å². The number of rotatable bonds is 5. The first-order valence-corrected chi connectivity index (χ1v) is 7.19. The summed E-state index contributed by atoms with van der Waals surface area (Å²) < 4.78 is 3.12. The summed E-state index contributed by atoms with van der Waals surface area (Å²) in [7, 11) is 1.83. The molecule has 0 saturated heterocycles. The Bertz CT molecular complexity index is 761. The minimum atomic E-state index is -0.639. The Morgan fingerprint density at radius 1 is 1.39 bits per heavy atom. The quantitative estimate of drug-likeness (QED) is 0.660. The highest BCUT2D eigenvalue weighted by atomic mass is 16.6. The lowest BCUT2D eigenvalue weighted by molar-refractivity contribution is -0.386. The van der Waals surface area contributed by atoms with E-state index >= 15 is 0 Å². The minimum absolute atomic E-state index is 0.0484. The van der Waals surface area contributed by atoms with Gasteiger partial charge < -0.3 is 5.32 Å². The molecule has 9 nitrogen and oxygen atoms in total. The number of hydrogen-bond acceptors (Lipinski definition) is 5. The van der Waals surface area contributed by atoms with Gasteiger partial charge in [0.15, 0.2) is 0 Å². The van der Waals surface area contributed by atoms with Crippen LogP contribution in [0.3, 0.4) is 0 Å². The van der Waals surface area contributed by atoms with Crippen LogP contribution in [0.15, 0.2) is 6.20 Å². The molecule has 0 aromatic carbocycles. The average Bonchev–Trinajstić information content (AvgIpc) is 2.96. The summed E-state index contributed by atoms with van der Waals surface area (Å²) in [6.07, 6.45) is 1.70. The molecule has 1 N–H and O–H groups in total. The number of amides is 1. The van der Waals surface area contributed by atoms with E-state index in [1.807, 2.05) is 14.0 Å². The number of carbonyl (C=O) groups excluding carboxylic acids is 1. The summed E-state index contributed by atoms with van der Waals surface area (Å²) >= 11 is 0. The molecule has 124 valence electrons. The van der Waals surface area contributed by atoms with E-state index in [0.29, 0.717) is 17.9 Å². The summed E-state index contributed by atoms with van der Waals surface area (Å²) in [5.74, 6) is -0.256. The van der Waals surface area contributed by atoms with Crippen molar-refractivity contribution in [3.05, 3.63) is 39.0 Å². The van der Waals surface area contributed by atoms with Gasteiger partial charge in [0.25, 0.3) is 0 Å². The standard InChI is InChI=1S/C14H20N6O3/c1-8-13(20(22)23)10(3)19(17-8)11(4)14(21)15-6-12-7-16-18(5)9(12)2/h7,11H,6H2,1-5H3,(H,15,21). The zero-order valence-corrected chi connectivity index (χ0v) is 13.8. The van der Waals surface area contributed by atoms with Gasteiger partial charge in [0.1, 0.15) is 17.4 Å². The molecule has 1 amide bonds. The molecule has 2 heterocycles. The van der Waals surface area contributed by atoms with Gasteiger partial charge in [-0.3, -0.25) is 24.3 Å². The largest absolute Gasteiger partial charge is 0.350 e. The Hall–Kier alpha value is -2.71. The van der Waals surface area contributed by atoms with Crippen LogP contribution in [0.2, 0.25) is 0 Å². The molecule has 0 aliphatic heterocycles. The van der Waals surface area contributed by atoms with Crippen LogP contribution in [0.25, 0.3) is 0 Å². The maximum atomic E-state index is 12.3. The van der Waals surface area contributed by atoms with E-state index < -0.39 is 11.0 Å². The van der Waals surface area contributed by atoms with Crippen molar-refractivity contribution in [3.8, 4) is 0 Å². The molecule has 9 heteroatoms. The Morgan fingerprint density at radius 2 is 2.04 bits per heavy atom. The second-order valence-electron chi connectivity index (χ2n) is 5.49. The van der Waals surface area contributed by atoms with Crippen molar-refractivity contribution < 1.29 is 9.72 Å². The highest BCUT2D eigenvalue weighted by Gasteiger charge is 2.27. The second-order valence-corrected chi connectivity index (χ2v) is 5.49. The first-order valence-electron chi connectivity index (χ1n) is 7.19. The molecule has 1 atom stereocenters. The van der Waals surface area contributed by atoms with Gasteiger partial charge in [0.05, 0.1) is 11.1 Å². The van der Waals surface area contributed by atoms with E-state index in [4.69, 9.17) is 0 Å². The van der Waals surface area contributed by atoms with Crippen LogP contribution >= 0.6 is 0 Å². The number of aryl methyl sites for hydroxylation is 2. The third-order valence-corrected chi connectivity index (χ3v) is 4.01. The molecule has 2 aromatic heterocycles. The molecular formula is C14H20N6O3. The van der Waals surface area contributed by atoms with Gasteiger partial charge in [-0.15, -0.1) is 0 Å². The number of aromatic nitrogens is 4. The summed E-state index contributed by atoms with van der Waals surface area (Å²) in [6.45, 7) is 7.08. The van der Waals surface area contributed by atoms with Crippen LogP contribution < -0.4 is 5.32 Å². The fourth-order valence-electron chi connectivity index (χ4n) is 2.45. The van der Waals surface area contributed by atoms with Crippen molar-refractivity contribution in [3.63, 3.8) is 0 Å². The predicted molar refractivity (Wildman–Crippen MR) is 82.9 cm³/mol. The molecular weight excluding hydrogens is 300 g/mol. The Kier molecular flexibility index (Phi) is 4.48. The molecule has 1 unspecified atom stereocenters. The normalized spacial score (nSPS) is 12.2. The molecule has 2 rings (SSSR count). The van der Waals surface area contributed by atoms with Crippen LogP contribution in [-0.2, 0) is 18.4 Å². The number of nitrogens with zero attached hydrogens (tertiary/aromatic N) is 5. The highest BCUT2D eigenvalue weighted by molar-refractivity contribution is 5.80. The van der Waals surface area contributed by atoms with Crippen molar-refractivity contribution in [2.24, 2.45) is 7.05 Å². The van der Waals surface area contributed by atoms with Gasteiger partial charge >= 0.3 is 5.69 Å². The first-order chi connectivity index (χ1) is 10.7. The number of nitrogens with one attached hydrogen (secondary N) is 1. The molecule has 23 heavy (non-hydrogen) atoms. The van der Waals surface area contributed by atoms with Crippen LogP contribution in [0, 0.1) is 30.9 Å². The number of carbonyl (C=O) groups is 1. The van der Waals surface area contributed by atoms with E-state index in [0.717, 1.165) is 11.3 Å². The molecule has 0 saturated carbocycles. The van der Waals surface area contributed by atoms with E-state index in [-0.39, 0.29) is 11.6 Å². The van der Waals surface area contributed by atoms with E-state index in [9.17, 15) is 14.9 Å². The van der Waals surface area contributed by atoms with Crippen LogP contribution in [0.5, 0.6) is 0 Å². The van der Waals surface area contributed by atoms with E-state index in [1.165, 1.54) is 4.68 Å². The van der Waals surface area contributed by atoms with Gasteiger partial charge in [-0.05, 0) is 27.7 Å². The van der Waals surface area contributed by atoms with Crippen molar-refractivity contribution in [2.75, 3.05) is 0 Å². The maximum absolute atomic E-state index is 12.3. The molecule has 0 fully saturated rings. The molecule has 0 bridgehead atoms. The van der Waals surface area contributed by atoms with Crippen molar-refractivity contribution in [1.82, 2.24) is 24.9 Å². The second kappa shape index (κ2) is 6.19. The SMILES string of the molecule is Cc1nn(C(C)C(=O)NCc2cnn(C)c2C)c(C)c1[N+](=O)[O-]. The Labute approximate surface area is 133 Å². The molecule has 0 radical (unpaired) electrons. The van der Waals surface area contributed by atoms with Crippen molar-refractivity contribution >= 4 is 11.6 Å². The molecule has 0 aliphatic carbocycles. The molecule has 0 spiro atoms. The van der Waals surface area contributed by atoms with Gasteiger partial charge in [0.2, 0.25) is 5.91 Å². The van der Waals surface area contributed by atoms with Crippen molar-refractivity contribution in [1.29, 1.82) is 0 Å². The monoisotopic (exact) mass is 320 g/mol. The summed E-state index contributed by atoms with van der Waals surface area (Å²) in [6, 6.07) is -0.639. The average molecular weight is 320 g/mol. The zero-order chi connectivity index (χ0) is 17.3. The first kappa shape index (κ1) is 16.7. The lowest BCUT2D eigenvalue weighted by atomic mass is 10.2. The lowest BCUT2D eigenvalue weighted by Crippen LogP contribution is -2.31. The maximum Gasteiger partial charge on any atom is 0.312 e. The van der Waals surface area contributed by atoms with Gasteiger partial charge in [-0.25, -0.2) is 0 Å². The third kappa shape index (κ3) is 3.08. The van der Waals surface area contributed by atoms with Gasteiger partial charge in [-0.2, -0.15) is 10.2 Å². The summed E-state index contributed by atoms with van der Waals surface area (Å²) in [5, 5.41) is 22.1. The third-order valence-electron chi connectivity index (χ3n) is 4.01. The Morgan fingerprint density at radius 3 is 2.52 bits per heavy atom. The van der Waals surface area contributed by atoms with Crippen LogP contribution in [0.1, 0.15) is 35.6 Å². The lowest BCUT2D eigenvalue weighted by Gasteiger charge is -2.14. The zero-order valence-electron chi connectivity index (χ0n) is 13.8. The van der Waals surface area contributed by atoms with Gasteiger partial charge in [-0.1, -0.05) is 0 Å². The summed E-state index contributed by atoms with van der Waals surface area (Å²) in [4.78, 5) is 22.9. The molecule has 0 aliphatic rings. The fourth-order valence-corrected chi connectivity index (χ4v) is 2.45. The fraction of sp³-hybridized carbons (Fsp3) is 0.500. The van der Waals surface area contributed by atoms with Crippen LogP contribution in [-0.4, -0.2) is 30.4 Å². The highest BCUT2D eigenvalue weighted by Crippen LogP contribution is 2.24. The Balaban J connectivity index is 2.13. The minimum Gasteiger partial charge on any atom is -0.350 e. The predicted octanol–water partition coefficient (Wildman–Crippen LogP) is 1.33. The van der Waals surface area contributed by atoms with Crippen LogP contribution in [0.4, 0.5) is 5.69 Å². The molecule has 2 aromatic rings.